The van der Waals surface area contributed by atoms with Crippen LogP contribution in [-0.4, -0.2) is 81.5 Å². The van der Waals surface area contributed by atoms with Crippen LogP contribution >= 0.6 is 0 Å². The second kappa shape index (κ2) is 15.8. The molecule has 0 saturated carbocycles. The molecule has 214 valence electrons. The second-order valence-corrected chi connectivity index (χ2v) is 9.70. The number of carbonyl (C=O) groups excluding carboxylic acids is 6. The fourth-order valence-electron chi connectivity index (χ4n) is 4.25. The summed E-state index contributed by atoms with van der Waals surface area (Å²) in [6.45, 7) is 8.80. The molecule has 2 aliphatic heterocycles. The van der Waals surface area contributed by atoms with Crippen LogP contribution < -0.4 is 0 Å². The van der Waals surface area contributed by atoms with Gasteiger partial charge in [0.15, 0.2) is 0 Å². The molecule has 8 amide bonds. The highest BCUT2D eigenvalue weighted by atomic mass is 16.2. The first-order valence-electron chi connectivity index (χ1n) is 14.1. The number of amides is 8. The molecule has 0 aromatic carbocycles. The Balaban J connectivity index is 2.25. The Kier molecular flexibility index (Phi) is 12.8. The van der Waals surface area contributed by atoms with Crippen molar-refractivity contribution in [3.8, 4) is 0 Å². The van der Waals surface area contributed by atoms with E-state index in [4.69, 9.17) is 0 Å². The van der Waals surface area contributed by atoms with Gasteiger partial charge in [-0.3, -0.25) is 38.8 Å². The summed E-state index contributed by atoms with van der Waals surface area (Å²) >= 11 is 0. The summed E-state index contributed by atoms with van der Waals surface area (Å²) in [6.07, 6.45) is 13.0. The first-order valence-corrected chi connectivity index (χ1v) is 14.1. The SMILES string of the molecule is CCCCN1C(=O)C(=C/C=C\C=C\C2C(=O)N(CCCC)C(=O)N(CCCC)C2=O)C(=O)N(CCCC)C1=O. The van der Waals surface area contributed by atoms with Gasteiger partial charge in [-0.25, -0.2) is 9.59 Å². The molecular formula is C29H42N4O6. The average molecular weight is 543 g/mol. The normalized spacial score (nSPS) is 17.7. The molecular weight excluding hydrogens is 500 g/mol. The van der Waals surface area contributed by atoms with Gasteiger partial charge in [0.05, 0.1) is 0 Å². The number of hydrogen-bond donors (Lipinski definition) is 0. The summed E-state index contributed by atoms with van der Waals surface area (Å²) in [5.74, 6) is -3.49. The van der Waals surface area contributed by atoms with Crippen LogP contribution in [-0.2, 0) is 19.2 Å². The highest BCUT2D eigenvalue weighted by Gasteiger charge is 2.44. The standard InChI is InChI=1S/C29H42N4O6/c1-5-9-18-30-24(34)22(25(35)31(28(30)38)19-10-6-2)16-14-13-15-17-23-26(36)32(20-11-7-3)29(39)33(27(23)37)21-12-8-4/h13-17,22H,5-12,18-21H2,1-4H3/b15-13-,16-14+. The summed E-state index contributed by atoms with van der Waals surface area (Å²) in [5, 5.41) is 0. The summed E-state index contributed by atoms with van der Waals surface area (Å²) in [5.41, 5.74) is -0.113. The Bertz CT molecular complexity index is 969. The lowest BCUT2D eigenvalue weighted by molar-refractivity contribution is -0.147. The molecule has 0 radical (unpaired) electrons. The van der Waals surface area contributed by atoms with Crippen molar-refractivity contribution in [1.29, 1.82) is 0 Å². The maximum Gasteiger partial charge on any atom is 0.333 e. The van der Waals surface area contributed by atoms with E-state index in [2.05, 4.69) is 0 Å². The van der Waals surface area contributed by atoms with E-state index in [-0.39, 0.29) is 31.8 Å². The molecule has 2 aliphatic rings. The zero-order valence-electron chi connectivity index (χ0n) is 23.7. The number of hydrogen-bond acceptors (Lipinski definition) is 6. The summed E-state index contributed by atoms with van der Waals surface area (Å²) in [4.78, 5) is 82.0. The van der Waals surface area contributed by atoms with Crippen LogP contribution in [0.3, 0.4) is 0 Å². The van der Waals surface area contributed by atoms with Crippen LogP contribution in [0.4, 0.5) is 9.59 Å². The quantitative estimate of drug-likeness (QED) is 0.131. The molecule has 2 rings (SSSR count). The molecule has 2 saturated heterocycles. The minimum absolute atomic E-state index is 0.113. The fourth-order valence-corrected chi connectivity index (χ4v) is 4.25. The van der Waals surface area contributed by atoms with Crippen LogP contribution in [0.25, 0.3) is 0 Å². The number of allylic oxidation sites excluding steroid dienone is 4. The minimum atomic E-state index is -1.13. The van der Waals surface area contributed by atoms with E-state index < -0.39 is 41.6 Å². The molecule has 0 spiro atoms. The minimum Gasteiger partial charge on any atom is -0.273 e. The van der Waals surface area contributed by atoms with Gasteiger partial charge >= 0.3 is 12.1 Å². The Morgan fingerprint density at radius 3 is 1.33 bits per heavy atom. The molecule has 0 aromatic heterocycles. The predicted octanol–water partition coefficient (Wildman–Crippen LogP) is 4.42. The van der Waals surface area contributed by atoms with Crippen molar-refractivity contribution in [2.45, 2.75) is 79.1 Å². The summed E-state index contributed by atoms with van der Waals surface area (Å²) < 4.78 is 0. The summed E-state index contributed by atoms with van der Waals surface area (Å²) in [6, 6.07) is -1.15. The zero-order chi connectivity index (χ0) is 28.9. The van der Waals surface area contributed by atoms with Crippen LogP contribution in [0.1, 0.15) is 79.1 Å². The third-order valence-electron chi connectivity index (χ3n) is 6.67. The van der Waals surface area contributed by atoms with E-state index in [1.54, 1.807) is 0 Å². The molecule has 0 bridgehead atoms. The molecule has 0 aliphatic carbocycles. The molecule has 39 heavy (non-hydrogen) atoms. The molecule has 0 aromatic rings. The van der Waals surface area contributed by atoms with E-state index >= 15 is 0 Å². The van der Waals surface area contributed by atoms with Crippen LogP contribution in [0, 0.1) is 5.92 Å². The van der Waals surface area contributed by atoms with Gasteiger partial charge in [0, 0.05) is 26.2 Å². The van der Waals surface area contributed by atoms with Crippen LogP contribution in [0.5, 0.6) is 0 Å². The molecule has 0 N–H and O–H groups in total. The number of carbonyl (C=O) groups is 6. The lowest BCUT2D eigenvalue weighted by Gasteiger charge is -2.36. The number of rotatable bonds is 15. The average Bonchev–Trinajstić information content (AvgIpc) is 2.91. The topological polar surface area (TPSA) is 115 Å². The number of urea groups is 2. The molecule has 2 fully saturated rings. The molecule has 0 atom stereocenters. The Morgan fingerprint density at radius 1 is 0.538 bits per heavy atom. The monoisotopic (exact) mass is 542 g/mol. The van der Waals surface area contributed by atoms with Gasteiger partial charge in [-0.05, 0) is 31.8 Å². The Morgan fingerprint density at radius 2 is 0.923 bits per heavy atom. The maximum absolute atomic E-state index is 13.0. The molecule has 10 heteroatoms. The van der Waals surface area contributed by atoms with Gasteiger partial charge in [0.1, 0.15) is 11.5 Å². The van der Waals surface area contributed by atoms with Gasteiger partial charge in [-0.15, -0.1) is 0 Å². The summed E-state index contributed by atoms with van der Waals surface area (Å²) in [7, 11) is 0. The smallest absolute Gasteiger partial charge is 0.273 e. The van der Waals surface area contributed by atoms with Crippen molar-refractivity contribution in [2.75, 3.05) is 26.2 Å². The van der Waals surface area contributed by atoms with Gasteiger partial charge in [-0.2, -0.15) is 0 Å². The second-order valence-electron chi connectivity index (χ2n) is 9.70. The van der Waals surface area contributed by atoms with E-state index in [1.807, 2.05) is 27.7 Å². The highest BCUT2D eigenvalue weighted by molar-refractivity contribution is 6.28. The van der Waals surface area contributed by atoms with Crippen molar-refractivity contribution in [3.63, 3.8) is 0 Å². The highest BCUT2D eigenvalue weighted by Crippen LogP contribution is 2.22. The number of imide groups is 4. The van der Waals surface area contributed by atoms with Crippen molar-refractivity contribution >= 4 is 35.7 Å². The first-order chi connectivity index (χ1) is 18.7. The van der Waals surface area contributed by atoms with Gasteiger partial charge in [-0.1, -0.05) is 77.7 Å². The molecule has 10 nitrogen and oxygen atoms in total. The van der Waals surface area contributed by atoms with Crippen LogP contribution in [0.2, 0.25) is 0 Å². The Labute approximate surface area is 231 Å². The number of nitrogens with zero attached hydrogens (tertiary/aromatic N) is 4. The van der Waals surface area contributed by atoms with E-state index in [1.165, 1.54) is 30.4 Å². The van der Waals surface area contributed by atoms with Crippen molar-refractivity contribution in [1.82, 2.24) is 19.6 Å². The van der Waals surface area contributed by atoms with E-state index in [0.29, 0.717) is 25.7 Å². The molecule has 0 unspecified atom stereocenters. The van der Waals surface area contributed by atoms with Gasteiger partial charge < -0.3 is 0 Å². The lowest BCUT2D eigenvalue weighted by Crippen LogP contribution is -2.59. The number of unbranched alkanes of at least 4 members (excludes halogenated alkanes) is 4. The third kappa shape index (κ3) is 7.74. The van der Waals surface area contributed by atoms with E-state index in [9.17, 15) is 28.8 Å². The fraction of sp³-hybridized carbons (Fsp3) is 0.586. The van der Waals surface area contributed by atoms with Crippen molar-refractivity contribution < 1.29 is 28.8 Å². The third-order valence-corrected chi connectivity index (χ3v) is 6.67. The van der Waals surface area contributed by atoms with Gasteiger partial charge in [0.25, 0.3) is 11.8 Å². The van der Waals surface area contributed by atoms with Crippen molar-refractivity contribution in [3.05, 3.63) is 36.0 Å². The lowest BCUT2D eigenvalue weighted by atomic mass is 10.0. The van der Waals surface area contributed by atoms with Crippen LogP contribution in [0.15, 0.2) is 36.0 Å². The molecule has 2 heterocycles. The number of barbiturate groups is 2. The first kappa shape index (κ1) is 31.7. The predicted molar refractivity (Wildman–Crippen MR) is 147 cm³/mol. The largest absolute Gasteiger partial charge is 0.333 e. The maximum atomic E-state index is 13.0. The Hall–Kier alpha value is -3.56. The van der Waals surface area contributed by atoms with E-state index in [0.717, 1.165) is 45.3 Å². The zero-order valence-corrected chi connectivity index (χ0v) is 23.7. The van der Waals surface area contributed by atoms with Crippen molar-refractivity contribution in [2.24, 2.45) is 5.92 Å². The van der Waals surface area contributed by atoms with Gasteiger partial charge in [0.2, 0.25) is 11.8 Å².